The Balaban J connectivity index is 2.25. The number of rotatable bonds is 2. The van der Waals surface area contributed by atoms with Gasteiger partial charge in [0.2, 0.25) is 0 Å². The van der Waals surface area contributed by atoms with E-state index in [1.165, 1.54) is 7.11 Å². The first-order chi connectivity index (χ1) is 8.67. The van der Waals surface area contributed by atoms with Crippen LogP contribution in [0.15, 0.2) is 18.2 Å². The Hall–Kier alpha value is -2.04. The highest BCUT2D eigenvalue weighted by atomic mass is 16.6. The molecule has 0 radical (unpaired) electrons. The fourth-order valence-corrected chi connectivity index (χ4v) is 2.04. The van der Waals surface area contributed by atoms with Crippen molar-refractivity contribution in [1.29, 1.82) is 0 Å². The summed E-state index contributed by atoms with van der Waals surface area (Å²) in [6.07, 6.45) is 0.376. The molecule has 1 aromatic carbocycles. The second kappa shape index (κ2) is 5.08. The maximum atomic E-state index is 11.7. The van der Waals surface area contributed by atoms with Gasteiger partial charge in [-0.3, -0.25) is 4.90 Å². The van der Waals surface area contributed by atoms with Gasteiger partial charge >= 0.3 is 12.1 Å². The Morgan fingerprint density at radius 3 is 2.83 bits per heavy atom. The van der Waals surface area contributed by atoms with Crippen LogP contribution in [0.4, 0.5) is 10.5 Å². The monoisotopic (exact) mass is 249 g/mol. The molecule has 96 valence electrons. The Kier molecular flexibility index (Phi) is 3.50. The minimum absolute atomic E-state index is 0.345. The summed E-state index contributed by atoms with van der Waals surface area (Å²) in [5.74, 6) is -0.368. The van der Waals surface area contributed by atoms with E-state index in [1.54, 1.807) is 30.0 Å². The fourth-order valence-electron chi connectivity index (χ4n) is 2.04. The Bertz CT molecular complexity index is 484. The van der Waals surface area contributed by atoms with E-state index in [0.29, 0.717) is 18.7 Å². The first-order valence-corrected chi connectivity index (χ1v) is 5.83. The van der Waals surface area contributed by atoms with Crippen molar-refractivity contribution in [2.45, 2.75) is 13.3 Å². The molecular weight excluding hydrogens is 234 g/mol. The van der Waals surface area contributed by atoms with Crippen LogP contribution < -0.4 is 4.90 Å². The van der Waals surface area contributed by atoms with Gasteiger partial charge in [-0.1, -0.05) is 0 Å². The minimum Gasteiger partial charge on any atom is -0.465 e. The van der Waals surface area contributed by atoms with Gasteiger partial charge in [0.15, 0.2) is 0 Å². The first kappa shape index (κ1) is 12.4. The summed E-state index contributed by atoms with van der Waals surface area (Å²) in [7, 11) is 1.35. The van der Waals surface area contributed by atoms with Gasteiger partial charge in [-0.05, 0) is 37.1 Å². The summed E-state index contributed by atoms with van der Waals surface area (Å²) in [6, 6.07) is 5.17. The molecular formula is C13H15NO4. The minimum atomic E-state index is -0.368. The third-order valence-electron chi connectivity index (χ3n) is 2.88. The SMILES string of the molecule is CCOC(=O)N1CCc2cc(C(=O)OC)ccc21. The number of fused-ring (bicyclic) bond motifs is 1. The van der Waals surface area contributed by atoms with E-state index in [-0.39, 0.29) is 12.1 Å². The zero-order valence-corrected chi connectivity index (χ0v) is 10.4. The maximum Gasteiger partial charge on any atom is 0.414 e. The molecule has 18 heavy (non-hydrogen) atoms. The quantitative estimate of drug-likeness (QED) is 0.752. The molecule has 0 bridgehead atoms. The molecule has 0 saturated heterocycles. The van der Waals surface area contributed by atoms with Crippen LogP contribution >= 0.6 is 0 Å². The van der Waals surface area contributed by atoms with Crippen molar-refractivity contribution in [3.8, 4) is 0 Å². The second-order valence-corrected chi connectivity index (χ2v) is 3.94. The molecule has 1 aromatic rings. The van der Waals surface area contributed by atoms with Gasteiger partial charge in [0, 0.05) is 6.54 Å². The lowest BCUT2D eigenvalue weighted by molar-refractivity contribution is 0.0600. The number of ether oxygens (including phenoxy) is 2. The molecule has 0 atom stereocenters. The van der Waals surface area contributed by atoms with Crippen molar-refractivity contribution >= 4 is 17.7 Å². The number of benzene rings is 1. The lowest BCUT2D eigenvalue weighted by Gasteiger charge is -2.16. The highest BCUT2D eigenvalue weighted by molar-refractivity contribution is 5.94. The van der Waals surface area contributed by atoms with Crippen molar-refractivity contribution in [2.24, 2.45) is 0 Å². The van der Waals surface area contributed by atoms with Gasteiger partial charge in [-0.25, -0.2) is 9.59 Å². The van der Waals surface area contributed by atoms with Gasteiger partial charge in [0.05, 0.1) is 25.0 Å². The molecule has 5 heteroatoms. The average Bonchev–Trinajstić information content (AvgIpc) is 2.80. The van der Waals surface area contributed by atoms with Crippen LogP contribution in [-0.2, 0) is 15.9 Å². The van der Waals surface area contributed by atoms with Crippen molar-refractivity contribution in [3.05, 3.63) is 29.3 Å². The summed E-state index contributed by atoms with van der Waals surface area (Å²) in [6.45, 7) is 2.71. The van der Waals surface area contributed by atoms with Crippen LogP contribution in [0.2, 0.25) is 0 Å². The summed E-state index contributed by atoms with van der Waals surface area (Å²) >= 11 is 0. The smallest absolute Gasteiger partial charge is 0.414 e. The number of methoxy groups -OCH3 is 1. The normalized spacial score (nSPS) is 13.1. The van der Waals surface area contributed by atoms with Crippen LogP contribution in [0.3, 0.4) is 0 Å². The zero-order valence-electron chi connectivity index (χ0n) is 10.4. The van der Waals surface area contributed by atoms with Crippen LogP contribution in [0.25, 0.3) is 0 Å². The van der Waals surface area contributed by atoms with Crippen LogP contribution in [0.5, 0.6) is 0 Å². The Morgan fingerprint density at radius 2 is 2.17 bits per heavy atom. The molecule has 1 amide bonds. The summed E-state index contributed by atoms with van der Waals surface area (Å²) in [4.78, 5) is 24.7. The van der Waals surface area contributed by atoms with Gasteiger partial charge in [-0.15, -0.1) is 0 Å². The van der Waals surface area contributed by atoms with E-state index >= 15 is 0 Å². The van der Waals surface area contributed by atoms with E-state index in [9.17, 15) is 9.59 Å². The van der Waals surface area contributed by atoms with Crippen molar-refractivity contribution < 1.29 is 19.1 Å². The molecule has 2 rings (SSSR count). The summed E-state index contributed by atoms with van der Waals surface area (Å²) in [5, 5.41) is 0. The molecule has 0 N–H and O–H groups in total. The Labute approximate surface area is 105 Å². The number of hydrogen-bond acceptors (Lipinski definition) is 4. The molecule has 1 aliphatic rings. The standard InChI is InChI=1S/C13H15NO4/c1-3-18-13(16)14-7-6-9-8-10(12(15)17-2)4-5-11(9)14/h4-5,8H,3,6-7H2,1-2H3. The number of hydrogen-bond donors (Lipinski definition) is 0. The molecule has 0 aromatic heterocycles. The molecule has 0 unspecified atom stereocenters. The predicted molar refractivity (Wildman–Crippen MR) is 65.9 cm³/mol. The number of amides is 1. The largest absolute Gasteiger partial charge is 0.465 e. The van der Waals surface area contributed by atoms with Crippen LogP contribution in [0.1, 0.15) is 22.8 Å². The molecule has 0 saturated carbocycles. The second-order valence-electron chi connectivity index (χ2n) is 3.94. The predicted octanol–water partition coefficient (Wildman–Crippen LogP) is 1.99. The van der Waals surface area contributed by atoms with E-state index in [1.807, 2.05) is 0 Å². The van der Waals surface area contributed by atoms with Gasteiger partial charge < -0.3 is 9.47 Å². The third kappa shape index (κ3) is 2.16. The van der Waals surface area contributed by atoms with Crippen LogP contribution in [0, 0.1) is 0 Å². The van der Waals surface area contributed by atoms with Crippen molar-refractivity contribution in [1.82, 2.24) is 0 Å². The molecule has 0 aliphatic carbocycles. The summed E-state index contributed by atoms with van der Waals surface area (Å²) < 4.78 is 9.64. The average molecular weight is 249 g/mol. The molecule has 1 aliphatic heterocycles. The van der Waals surface area contributed by atoms with E-state index < -0.39 is 0 Å². The van der Waals surface area contributed by atoms with Crippen molar-refractivity contribution in [2.75, 3.05) is 25.2 Å². The maximum absolute atomic E-state index is 11.7. The van der Waals surface area contributed by atoms with Gasteiger partial charge in [0.25, 0.3) is 0 Å². The van der Waals surface area contributed by atoms with E-state index in [4.69, 9.17) is 4.74 Å². The van der Waals surface area contributed by atoms with Crippen LogP contribution in [-0.4, -0.2) is 32.3 Å². The topological polar surface area (TPSA) is 55.8 Å². The van der Waals surface area contributed by atoms with E-state index in [0.717, 1.165) is 17.7 Å². The number of nitrogens with zero attached hydrogens (tertiary/aromatic N) is 1. The van der Waals surface area contributed by atoms with Crippen molar-refractivity contribution in [3.63, 3.8) is 0 Å². The zero-order chi connectivity index (χ0) is 13.1. The molecule has 5 nitrogen and oxygen atoms in total. The first-order valence-electron chi connectivity index (χ1n) is 5.83. The third-order valence-corrected chi connectivity index (χ3v) is 2.88. The number of esters is 1. The molecule has 0 spiro atoms. The molecule has 1 heterocycles. The molecule has 0 fully saturated rings. The summed E-state index contributed by atoms with van der Waals surface area (Å²) in [5.41, 5.74) is 2.27. The lowest BCUT2D eigenvalue weighted by atomic mass is 10.1. The highest BCUT2D eigenvalue weighted by Crippen LogP contribution is 2.29. The lowest BCUT2D eigenvalue weighted by Crippen LogP contribution is -2.29. The van der Waals surface area contributed by atoms with Gasteiger partial charge in [-0.2, -0.15) is 0 Å². The van der Waals surface area contributed by atoms with Gasteiger partial charge in [0.1, 0.15) is 0 Å². The Morgan fingerprint density at radius 1 is 1.39 bits per heavy atom. The number of carbonyl (C=O) groups excluding carboxylic acids is 2. The number of carbonyl (C=O) groups is 2. The fraction of sp³-hybridized carbons (Fsp3) is 0.385. The number of anilines is 1. The van der Waals surface area contributed by atoms with E-state index in [2.05, 4.69) is 4.74 Å². The highest BCUT2D eigenvalue weighted by Gasteiger charge is 2.26.